The Morgan fingerprint density at radius 2 is 2.05 bits per heavy atom. The number of nitrogens with one attached hydrogen (secondary N) is 2. The molecule has 0 spiro atoms. The van der Waals surface area contributed by atoms with E-state index in [4.69, 9.17) is 5.73 Å². The van der Waals surface area contributed by atoms with Crippen LogP contribution in [-0.2, 0) is 6.42 Å². The highest BCUT2D eigenvalue weighted by Gasteiger charge is 2.12. The molecule has 0 aliphatic heterocycles. The summed E-state index contributed by atoms with van der Waals surface area (Å²) in [6.07, 6.45) is 0.938. The topological polar surface area (TPSA) is 67.2 Å². The number of carbonyl (C=O) groups excluding carboxylic acids is 1. The summed E-state index contributed by atoms with van der Waals surface area (Å²) in [5, 5.41) is 6.80. The van der Waals surface area contributed by atoms with E-state index in [2.05, 4.69) is 22.8 Å². The fraction of sp³-hybridized carbons (Fsp3) is 0.214. The van der Waals surface area contributed by atoms with Gasteiger partial charge >= 0.3 is 0 Å². The summed E-state index contributed by atoms with van der Waals surface area (Å²) < 4.78 is 0. The van der Waals surface area contributed by atoms with Crippen molar-refractivity contribution >= 4 is 27.9 Å². The van der Waals surface area contributed by atoms with Crippen molar-refractivity contribution in [2.45, 2.75) is 6.42 Å². The van der Waals surface area contributed by atoms with Gasteiger partial charge in [-0.05, 0) is 18.1 Å². The van der Waals surface area contributed by atoms with E-state index in [1.807, 2.05) is 18.2 Å². The number of nitrogen functional groups attached to an aromatic ring is 1. The van der Waals surface area contributed by atoms with Crippen LogP contribution in [-0.4, -0.2) is 19.5 Å². The average Bonchev–Trinajstić information content (AvgIpc) is 2.80. The van der Waals surface area contributed by atoms with Crippen LogP contribution in [0.5, 0.6) is 0 Å². The van der Waals surface area contributed by atoms with Gasteiger partial charge in [0.15, 0.2) is 0 Å². The van der Waals surface area contributed by atoms with E-state index in [-0.39, 0.29) is 5.91 Å². The van der Waals surface area contributed by atoms with Gasteiger partial charge in [-0.3, -0.25) is 4.79 Å². The highest BCUT2D eigenvalue weighted by molar-refractivity contribution is 7.18. The lowest BCUT2D eigenvalue weighted by atomic mass is 10.1. The second-order valence-corrected chi connectivity index (χ2v) is 5.19. The number of hydrogen-bond acceptors (Lipinski definition) is 4. The van der Waals surface area contributed by atoms with Crippen molar-refractivity contribution in [3.05, 3.63) is 46.8 Å². The van der Waals surface area contributed by atoms with Crippen molar-refractivity contribution in [2.75, 3.05) is 24.6 Å². The molecule has 0 bridgehead atoms. The number of carbonyl (C=O) groups is 1. The fourth-order valence-electron chi connectivity index (χ4n) is 1.76. The van der Waals surface area contributed by atoms with Gasteiger partial charge in [-0.15, -0.1) is 11.3 Å². The van der Waals surface area contributed by atoms with E-state index < -0.39 is 0 Å². The first kappa shape index (κ1) is 13.4. The van der Waals surface area contributed by atoms with Gasteiger partial charge in [-0.25, -0.2) is 0 Å². The van der Waals surface area contributed by atoms with Crippen molar-refractivity contribution < 1.29 is 4.79 Å². The Kier molecular flexibility index (Phi) is 4.41. The number of benzene rings is 1. The molecule has 19 heavy (non-hydrogen) atoms. The number of thiophene rings is 1. The van der Waals surface area contributed by atoms with E-state index in [9.17, 15) is 4.79 Å². The zero-order chi connectivity index (χ0) is 13.7. The fourth-order valence-corrected chi connectivity index (χ4v) is 2.71. The monoisotopic (exact) mass is 275 g/mol. The molecule has 1 aromatic carbocycles. The van der Waals surface area contributed by atoms with Crippen LogP contribution in [0, 0.1) is 0 Å². The van der Waals surface area contributed by atoms with E-state index >= 15 is 0 Å². The number of hydrogen-bond donors (Lipinski definition) is 3. The molecule has 100 valence electrons. The van der Waals surface area contributed by atoms with Crippen molar-refractivity contribution in [3.8, 4) is 0 Å². The second-order valence-electron chi connectivity index (χ2n) is 4.14. The van der Waals surface area contributed by atoms with Crippen molar-refractivity contribution in [1.29, 1.82) is 0 Å². The molecule has 0 atom stereocenters. The van der Waals surface area contributed by atoms with E-state index in [0.29, 0.717) is 10.6 Å². The van der Waals surface area contributed by atoms with Crippen LogP contribution in [0.4, 0.5) is 10.7 Å². The predicted molar refractivity (Wildman–Crippen MR) is 80.8 cm³/mol. The molecule has 4 nitrogen and oxygen atoms in total. The highest BCUT2D eigenvalue weighted by atomic mass is 32.1. The highest BCUT2D eigenvalue weighted by Crippen LogP contribution is 2.28. The van der Waals surface area contributed by atoms with Crippen molar-refractivity contribution in [2.24, 2.45) is 0 Å². The standard InChI is InChI=1S/C14H17N3OS/c1-16-14(18)13-11(15)9-12(19-13)17-8-7-10-5-3-2-4-6-10/h2-6,9,17H,7-8,15H2,1H3,(H,16,18). The summed E-state index contributed by atoms with van der Waals surface area (Å²) in [7, 11) is 1.60. The smallest absolute Gasteiger partial charge is 0.263 e. The van der Waals surface area contributed by atoms with Crippen molar-refractivity contribution in [1.82, 2.24) is 5.32 Å². The summed E-state index contributed by atoms with van der Waals surface area (Å²) in [5.41, 5.74) is 7.61. The lowest BCUT2D eigenvalue weighted by Crippen LogP contribution is -2.17. The first-order valence-electron chi connectivity index (χ1n) is 6.10. The van der Waals surface area contributed by atoms with E-state index in [1.165, 1.54) is 16.9 Å². The van der Waals surface area contributed by atoms with Gasteiger partial charge in [-0.1, -0.05) is 30.3 Å². The van der Waals surface area contributed by atoms with Crippen LogP contribution in [0.15, 0.2) is 36.4 Å². The molecule has 1 heterocycles. The minimum Gasteiger partial charge on any atom is -0.397 e. The van der Waals surface area contributed by atoms with E-state index in [1.54, 1.807) is 13.1 Å². The normalized spacial score (nSPS) is 10.2. The molecule has 1 aromatic heterocycles. The molecule has 0 saturated heterocycles. The number of nitrogens with two attached hydrogens (primary N) is 1. The Hall–Kier alpha value is -2.01. The molecule has 0 radical (unpaired) electrons. The van der Waals surface area contributed by atoms with Gasteiger partial charge in [0.25, 0.3) is 5.91 Å². The van der Waals surface area contributed by atoms with Crippen LogP contribution in [0.25, 0.3) is 0 Å². The Morgan fingerprint density at radius 3 is 2.74 bits per heavy atom. The van der Waals surface area contributed by atoms with Crippen LogP contribution in [0.2, 0.25) is 0 Å². The van der Waals surface area contributed by atoms with Gasteiger partial charge in [0.2, 0.25) is 0 Å². The molecular formula is C14H17N3OS. The first-order chi connectivity index (χ1) is 9.20. The Labute approximate surface area is 116 Å². The molecule has 0 aliphatic rings. The second kappa shape index (κ2) is 6.24. The lowest BCUT2D eigenvalue weighted by molar-refractivity contribution is 0.0968. The Balaban J connectivity index is 1.92. The zero-order valence-corrected chi connectivity index (χ0v) is 11.6. The van der Waals surface area contributed by atoms with Crippen molar-refractivity contribution in [3.63, 3.8) is 0 Å². The third-order valence-corrected chi connectivity index (χ3v) is 3.86. The predicted octanol–water partition coefficient (Wildman–Crippen LogP) is 2.34. The molecule has 0 unspecified atom stereocenters. The Morgan fingerprint density at radius 1 is 1.32 bits per heavy atom. The number of anilines is 2. The van der Waals surface area contributed by atoms with Gasteiger partial charge in [-0.2, -0.15) is 0 Å². The summed E-state index contributed by atoms with van der Waals surface area (Å²) in [5.74, 6) is -0.140. The number of rotatable bonds is 5. The molecular weight excluding hydrogens is 258 g/mol. The van der Waals surface area contributed by atoms with Crippen LogP contribution < -0.4 is 16.4 Å². The van der Waals surface area contributed by atoms with Gasteiger partial charge in [0.05, 0.1) is 10.7 Å². The molecule has 5 heteroatoms. The van der Waals surface area contributed by atoms with Crippen LogP contribution in [0.1, 0.15) is 15.2 Å². The maximum atomic E-state index is 11.5. The SMILES string of the molecule is CNC(=O)c1sc(NCCc2ccccc2)cc1N. The molecule has 2 rings (SSSR count). The molecule has 2 aromatic rings. The van der Waals surface area contributed by atoms with Crippen LogP contribution >= 0.6 is 11.3 Å². The third-order valence-electron chi connectivity index (χ3n) is 2.75. The van der Waals surface area contributed by atoms with Crippen LogP contribution in [0.3, 0.4) is 0 Å². The minimum absolute atomic E-state index is 0.140. The maximum absolute atomic E-state index is 11.5. The zero-order valence-electron chi connectivity index (χ0n) is 10.8. The van der Waals surface area contributed by atoms with E-state index in [0.717, 1.165) is 18.0 Å². The molecule has 0 aliphatic carbocycles. The quantitative estimate of drug-likeness (QED) is 0.784. The molecule has 4 N–H and O–H groups in total. The average molecular weight is 275 g/mol. The van der Waals surface area contributed by atoms with Gasteiger partial charge in [0, 0.05) is 13.6 Å². The largest absolute Gasteiger partial charge is 0.397 e. The maximum Gasteiger partial charge on any atom is 0.263 e. The molecule has 1 amide bonds. The van der Waals surface area contributed by atoms with Gasteiger partial charge < -0.3 is 16.4 Å². The first-order valence-corrected chi connectivity index (χ1v) is 6.91. The summed E-state index contributed by atoms with van der Waals surface area (Å²) >= 11 is 1.38. The summed E-state index contributed by atoms with van der Waals surface area (Å²) in [6, 6.07) is 12.1. The summed E-state index contributed by atoms with van der Waals surface area (Å²) in [4.78, 5) is 12.1. The Bertz CT molecular complexity index is 551. The molecule has 0 fully saturated rings. The number of amides is 1. The summed E-state index contributed by atoms with van der Waals surface area (Å²) in [6.45, 7) is 0.817. The van der Waals surface area contributed by atoms with Gasteiger partial charge in [0.1, 0.15) is 4.88 Å². The molecule has 0 saturated carbocycles. The minimum atomic E-state index is -0.140. The lowest BCUT2D eigenvalue weighted by Gasteiger charge is -2.03. The third kappa shape index (κ3) is 3.48.